The van der Waals surface area contributed by atoms with Gasteiger partial charge in [-0.25, -0.2) is 12.8 Å². The minimum absolute atomic E-state index is 0.0772. The van der Waals surface area contributed by atoms with E-state index in [4.69, 9.17) is 4.74 Å². The molecule has 0 amide bonds. The lowest BCUT2D eigenvalue weighted by molar-refractivity contribution is 0.0626. The third-order valence-electron chi connectivity index (χ3n) is 2.93. The summed E-state index contributed by atoms with van der Waals surface area (Å²) in [5.41, 5.74) is -0.239. The van der Waals surface area contributed by atoms with Gasteiger partial charge in [-0.2, -0.15) is 0 Å². The Bertz CT molecular complexity index is 541. The second kappa shape index (κ2) is 5.75. The van der Waals surface area contributed by atoms with E-state index in [0.29, 0.717) is 13.2 Å². The fourth-order valence-electron chi connectivity index (χ4n) is 2.05. The predicted octanol–water partition coefficient (Wildman–Crippen LogP) is 1.70. The third-order valence-corrected chi connectivity index (χ3v) is 4.37. The van der Waals surface area contributed by atoms with Crippen LogP contribution in [0.15, 0.2) is 18.2 Å². The van der Waals surface area contributed by atoms with Crippen LogP contribution < -0.4 is 4.72 Å². The molecule has 1 unspecified atom stereocenters. The highest BCUT2D eigenvalue weighted by Gasteiger charge is 2.22. The molecule has 1 fully saturated rings. The first kappa shape index (κ1) is 14.1. The monoisotopic (exact) mass is 289 g/mol. The second-order valence-corrected chi connectivity index (χ2v) is 6.40. The molecule has 1 heterocycles. The number of anilines is 1. The van der Waals surface area contributed by atoms with Crippen molar-refractivity contribution in [1.29, 1.82) is 0 Å². The van der Waals surface area contributed by atoms with E-state index in [9.17, 15) is 17.9 Å². The number of nitrogens with one attached hydrogen (secondary N) is 1. The van der Waals surface area contributed by atoms with Crippen molar-refractivity contribution in [2.45, 2.75) is 12.8 Å². The third kappa shape index (κ3) is 4.07. The van der Waals surface area contributed by atoms with Crippen molar-refractivity contribution in [3.8, 4) is 5.75 Å². The highest BCUT2D eigenvalue weighted by atomic mass is 32.2. The lowest BCUT2D eigenvalue weighted by atomic mass is 10.1. The van der Waals surface area contributed by atoms with Gasteiger partial charge in [-0.05, 0) is 30.9 Å². The highest BCUT2D eigenvalue weighted by Crippen LogP contribution is 2.23. The van der Waals surface area contributed by atoms with Crippen molar-refractivity contribution in [3.05, 3.63) is 24.0 Å². The summed E-state index contributed by atoms with van der Waals surface area (Å²) in [5, 5.41) is 9.23. The molecule has 0 spiro atoms. The average Bonchev–Trinajstić information content (AvgIpc) is 2.34. The van der Waals surface area contributed by atoms with Gasteiger partial charge in [0.2, 0.25) is 10.0 Å². The van der Waals surface area contributed by atoms with Gasteiger partial charge in [-0.3, -0.25) is 4.72 Å². The van der Waals surface area contributed by atoms with E-state index in [2.05, 4.69) is 4.72 Å². The van der Waals surface area contributed by atoms with Crippen LogP contribution in [-0.2, 0) is 14.8 Å². The molecule has 106 valence electrons. The van der Waals surface area contributed by atoms with Crippen molar-refractivity contribution in [1.82, 2.24) is 0 Å². The van der Waals surface area contributed by atoms with Crippen LogP contribution in [0.2, 0.25) is 0 Å². The fourth-order valence-corrected chi connectivity index (χ4v) is 3.51. The van der Waals surface area contributed by atoms with Gasteiger partial charge in [0.05, 0.1) is 18.0 Å². The first-order valence-corrected chi connectivity index (χ1v) is 7.68. The molecule has 0 aromatic heterocycles. The highest BCUT2D eigenvalue weighted by molar-refractivity contribution is 7.92. The molecule has 2 rings (SSSR count). The van der Waals surface area contributed by atoms with Crippen LogP contribution >= 0.6 is 0 Å². The van der Waals surface area contributed by atoms with Gasteiger partial charge in [0.1, 0.15) is 11.6 Å². The number of halogens is 1. The summed E-state index contributed by atoms with van der Waals surface area (Å²) in [6.45, 7) is 1.06. The maximum Gasteiger partial charge on any atom is 0.233 e. The quantitative estimate of drug-likeness (QED) is 0.884. The zero-order valence-corrected chi connectivity index (χ0v) is 11.1. The van der Waals surface area contributed by atoms with Crippen LogP contribution in [0.4, 0.5) is 10.1 Å². The number of sulfonamides is 1. The maximum absolute atomic E-state index is 13.4. The Morgan fingerprint density at radius 3 is 2.95 bits per heavy atom. The normalized spacial score (nSPS) is 20.2. The zero-order chi connectivity index (χ0) is 13.9. The standard InChI is InChI=1S/C12H16FNO4S/c13-11-4-3-10(15)6-12(11)14-19(16,17)8-9-2-1-5-18-7-9/h3-4,6,9,14-15H,1-2,5,7-8H2. The molecule has 19 heavy (non-hydrogen) atoms. The second-order valence-electron chi connectivity index (χ2n) is 4.63. The summed E-state index contributed by atoms with van der Waals surface area (Å²) < 4.78 is 44.6. The van der Waals surface area contributed by atoms with Gasteiger partial charge in [0, 0.05) is 12.7 Å². The molecule has 1 aromatic rings. The molecular formula is C12H16FNO4S. The van der Waals surface area contributed by atoms with Crippen molar-refractivity contribution < 1.29 is 22.7 Å². The smallest absolute Gasteiger partial charge is 0.233 e. The average molecular weight is 289 g/mol. The Hall–Kier alpha value is -1.34. The van der Waals surface area contributed by atoms with Crippen molar-refractivity contribution in [2.75, 3.05) is 23.7 Å². The number of hydrogen-bond acceptors (Lipinski definition) is 4. The van der Waals surface area contributed by atoms with E-state index in [-0.39, 0.29) is 23.1 Å². The summed E-state index contributed by atoms with van der Waals surface area (Å²) in [6.07, 6.45) is 1.62. The topological polar surface area (TPSA) is 75.6 Å². The Morgan fingerprint density at radius 2 is 2.26 bits per heavy atom. The molecule has 1 aromatic carbocycles. The summed E-state index contributed by atoms with van der Waals surface area (Å²) in [4.78, 5) is 0. The molecule has 2 N–H and O–H groups in total. The molecule has 1 aliphatic heterocycles. The summed E-state index contributed by atoms with van der Waals surface area (Å²) >= 11 is 0. The van der Waals surface area contributed by atoms with Crippen molar-refractivity contribution >= 4 is 15.7 Å². The molecule has 0 aliphatic carbocycles. The Labute approximate surface area is 111 Å². The molecule has 1 saturated heterocycles. The first-order valence-electron chi connectivity index (χ1n) is 6.03. The number of aromatic hydroxyl groups is 1. The molecule has 1 atom stereocenters. The number of hydrogen-bond donors (Lipinski definition) is 2. The maximum atomic E-state index is 13.4. The SMILES string of the molecule is O=S(=O)(CC1CCCOC1)Nc1cc(O)ccc1F. The molecule has 5 nitrogen and oxygen atoms in total. The lowest BCUT2D eigenvalue weighted by Crippen LogP contribution is -2.28. The van der Waals surface area contributed by atoms with Crippen molar-refractivity contribution in [3.63, 3.8) is 0 Å². The zero-order valence-electron chi connectivity index (χ0n) is 10.3. The van der Waals surface area contributed by atoms with Crippen LogP contribution in [0.25, 0.3) is 0 Å². The molecule has 0 radical (unpaired) electrons. The van der Waals surface area contributed by atoms with Crippen molar-refractivity contribution in [2.24, 2.45) is 5.92 Å². The summed E-state index contributed by atoms with van der Waals surface area (Å²) in [6, 6.07) is 3.21. The first-order chi connectivity index (χ1) is 8.96. The van der Waals surface area contributed by atoms with Gasteiger partial charge < -0.3 is 9.84 Å². The Kier molecular flexibility index (Phi) is 4.26. The molecule has 1 aliphatic rings. The van der Waals surface area contributed by atoms with Gasteiger partial charge in [0.25, 0.3) is 0 Å². The van der Waals surface area contributed by atoms with Crippen LogP contribution in [0.3, 0.4) is 0 Å². The fraction of sp³-hybridized carbons (Fsp3) is 0.500. The largest absolute Gasteiger partial charge is 0.508 e. The minimum atomic E-state index is -3.65. The number of phenolic OH excluding ortho intramolecular Hbond substituents is 1. The van der Waals surface area contributed by atoms with E-state index >= 15 is 0 Å². The molecule has 7 heteroatoms. The number of benzene rings is 1. The molecular weight excluding hydrogens is 273 g/mol. The number of ether oxygens (including phenoxy) is 1. The van der Waals surface area contributed by atoms with E-state index in [1.165, 1.54) is 0 Å². The van der Waals surface area contributed by atoms with Crippen LogP contribution in [0, 0.1) is 11.7 Å². The molecule has 0 saturated carbocycles. The Balaban J connectivity index is 2.05. The van der Waals surface area contributed by atoms with Gasteiger partial charge >= 0.3 is 0 Å². The Morgan fingerprint density at radius 1 is 1.47 bits per heavy atom. The van der Waals surface area contributed by atoms with Gasteiger partial charge in [-0.15, -0.1) is 0 Å². The number of phenols is 1. The lowest BCUT2D eigenvalue weighted by Gasteiger charge is -2.22. The summed E-state index contributed by atoms with van der Waals surface area (Å²) in [5.74, 6) is -1.10. The minimum Gasteiger partial charge on any atom is -0.508 e. The van der Waals surface area contributed by atoms with Crippen LogP contribution in [0.5, 0.6) is 5.75 Å². The van der Waals surface area contributed by atoms with Gasteiger partial charge in [-0.1, -0.05) is 0 Å². The van der Waals surface area contributed by atoms with E-state index in [0.717, 1.165) is 31.0 Å². The van der Waals surface area contributed by atoms with E-state index < -0.39 is 15.8 Å². The van der Waals surface area contributed by atoms with Gasteiger partial charge in [0.15, 0.2) is 0 Å². The predicted molar refractivity (Wildman–Crippen MR) is 69.0 cm³/mol. The molecule has 0 bridgehead atoms. The van der Waals surface area contributed by atoms with E-state index in [1.54, 1.807) is 0 Å². The summed E-state index contributed by atoms with van der Waals surface area (Å²) in [7, 11) is -3.65. The van der Waals surface area contributed by atoms with E-state index in [1.807, 2.05) is 0 Å². The van der Waals surface area contributed by atoms with Crippen LogP contribution in [0.1, 0.15) is 12.8 Å². The van der Waals surface area contributed by atoms with Crippen LogP contribution in [-0.4, -0.2) is 32.5 Å². The number of rotatable bonds is 4.